The van der Waals surface area contributed by atoms with Gasteiger partial charge in [0, 0.05) is 38.6 Å². The zero-order chi connectivity index (χ0) is 13.8. The Labute approximate surface area is 114 Å². The summed E-state index contributed by atoms with van der Waals surface area (Å²) in [5, 5.41) is 1.96. The van der Waals surface area contributed by atoms with Crippen LogP contribution in [0.4, 0.5) is 0 Å². The van der Waals surface area contributed by atoms with Gasteiger partial charge in [0.05, 0.1) is 0 Å². The van der Waals surface area contributed by atoms with Gasteiger partial charge in [-0.15, -0.1) is 11.3 Å². The summed E-state index contributed by atoms with van der Waals surface area (Å²) in [6, 6.07) is 3.89. The molecular formula is C11H21N3O2S2. The number of hydrogen-bond donors (Lipinski definition) is 0. The summed E-state index contributed by atoms with van der Waals surface area (Å²) >= 11 is 1.58. The van der Waals surface area contributed by atoms with Crippen LogP contribution in [0, 0.1) is 0 Å². The molecule has 0 saturated carbocycles. The summed E-state index contributed by atoms with van der Waals surface area (Å²) in [7, 11) is 3.63. The minimum absolute atomic E-state index is 0.437. The lowest BCUT2D eigenvalue weighted by molar-refractivity contribution is 0.316. The maximum absolute atomic E-state index is 12.2. The Morgan fingerprint density at radius 3 is 2.28 bits per heavy atom. The molecule has 0 aromatic carbocycles. The largest absolute Gasteiger partial charge is 0.308 e. The van der Waals surface area contributed by atoms with E-state index in [0.717, 1.165) is 4.88 Å². The molecule has 5 nitrogen and oxygen atoms in total. The van der Waals surface area contributed by atoms with E-state index >= 15 is 0 Å². The van der Waals surface area contributed by atoms with E-state index in [1.54, 1.807) is 25.4 Å². The van der Waals surface area contributed by atoms with Gasteiger partial charge in [0.2, 0.25) is 0 Å². The first kappa shape index (κ1) is 15.6. The quantitative estimate of drug-likeness (QED) is 0.750. The van der Waals surface area contributed by atoms with Crippen LogP contribution in [0.3, 0.4) is 0 Å². The molecule has 1 aromatic heterocycles. The minimum atomic E-state index is -3.36. The van der Waals surface area contributed by atoms with E-state index in [1.807, 2.05) is 36.5 Å². The van der Waals surface area contributed by atoms with Crippen LogP contribution < -0.4 is 0 Å². The van der Waals surface area contributed by atoms with Crippen molar-refractivity contribution in [3.63, 3.8) is 0 Å². The fourth-order valence-electron chi connectivity index (χ4n) is 1.39. The van der Waals surface area contributed by atoms with E-state index in [4.69, 9.17) is 0 Å². The molecule has 0 N–H and O–H groups in total. The minimum Gasteiger partial charge on any atom is -0.308 e. The second kappa shape index (κ2) is 6.63. The van der Waals surface area contributed by atoms with E-state index < -0.39 is 10.2 Å². The molecule has 104 valence electrons. The molecule has 0 unspecified atom stereocenters. The predicted molar refractivity (Wildman–Crippen MR) is 75.9 cm³/mol. The summed E-state index contributed by atoms with van der Waals surface area (Å²) in [6.07, 6.45) is 0. The van der Waals surface area contributed by atoms with Crippen molar-refractivity contribution < 1.29 is 8.42 Å². The molecule has 1 aromatic rings. The highest BCUT2D eigenvalue weighted by molar-refractivity contribution is 7.86. The Morgan fingerprint density at radius 2 is 1.83 bits per heavy atom. The molecule has 0 fully saturated rings. The van der Waals surface area contributed by atoms with Crippen LogP contribution in [-0.2, 0) is 16.8 Å². The van der Waals surface area contributed by atoms with E-state index in [2.05, 4.69) is 0 Å². The third-order valence-electron chi connectivity index (χ3n) is 2.50. The van der Waals surface area contributed by atoms with Crippen LogP contribution in [-0.4, -0.2) is 63.2 Å². The van der Waals surface area contributed by atoms with Gasteiger partial charge in [-0.2, -0.15) is 17.0 Å². The van der Waals surface area contributed by atoms with Crippen LogP contribution in [0.1, 0.15) is 4.88 Å². The maximum Gasteiger partial charge on any atom is 0.281 e. The molecule has 0 atom stereocenters. The standard InChI is InChI=1S/C11H21N3O2S2/c1-12(2)7-8-14(18(15,16)13(3)4)10-11-6-5-9-17-11/h5-6,9H,7-8,10H2,1-4H3. The molecule has 0 aliphatic carbocycles. The van der Waals surface area contributed by atoms with Crippen LogP contribution in [0.5, 0.6) is 0 Å². The van der Waals surface area contributed by atoms with Gasteiger partial charge < -0.3 is 4.90 Å². The molecule has 0 aliphatic heterocycles. The second-order valence-electron chi connectivity index (χ2n) is 4.51. The van der Waals surface area contributed by atoms with Gasteiger partial charge in [0.15, 0.2) is 0 Å². The summed E-state index contributed by atoms with van der Waals surface area (Å²) in [4.78, 5) is 3.03. The third-order valence-corrected chi connectivity index (χ3v) is 5.24. The Hall–Kier alpha value is -0.470. The Kier molecular flexibility index (Phi) is 5.74. The Morgan fingerprint density at radius 1 is 1.17 bits per heavy atom. The van der Waals surface area contributed by atoms with E-state index in [-0.39, 0.29) is 0 Å². The van der Waals surface area contributed by atoms with Gasteiger partial charge in [0.25, 0.3) is 10.2 Å². The molecule has 18 heavy (non-hydrogen) atoms. The first-order valence-corrected chi connectivity index (χ1v) is 7.96. The molecule has 0 bridgehead atoms. The van der Waals surface area contributed by atoms with Crippen molar-refractivity contribution in [2.24, 2.45) is 0 Å². The van der Waals surface area contributed by atoms with Gasteiger partial charge in [-0.05, 0) is 25.5 Å². The van der Waals surface area contributed by atoms with Crippen molar-refractivity contribution >= 4 is 21.5 Å². The summed E-state index contributed by atoms with van der Waals surface area (Å²) in [6.45, 7) is 1.63. The topological polar surface area (TPSA) is 43.9 Å². The third kappa shape index (κ3) is 4.33. The highest BCUT2D eigenvalue weighted by atomic mass is 32.2. The molecule has 0 amide bonds. The average molecular weight is 291 g/mol. The average Bonchev–Trinajstić information content (AvgIpc) is 2.75. The lowest BCUT2D eigenvalue weighted by Gasteiger charge is -2.26. The van der Waals surface area contributed by atoms with Crippen LogP contribution in [0.2, 0.25) is 0 Å². The molecule has 7 heteroatoms. The number of nitrogens with zero attached hydrogens (tertiary/aromatic N) is 3. The van der Waals surface area contributed by atoms with Gasteiger partial charge in [-0.1, -0.05) is 6.07 Å². The highest BCUT2D eigenvalue weighted by Crippen LogP contribution is 2.15. The first-order chi connectivity index (χ1) is 8.34. The van der Waals surface area contributed by atoms with Gasteiger partial charge in [-0.25, -0.2) is 0 Å². The fourth-order valence-corrected chi connectivity index (χ4v) is 3.27. The normalized spacial score (nSPS) is 12.8. The summed E-state index contributed by atoms with van der Waals surface area (Å²) in [5.74, 6) is 0. The summed E-state index contributed by atoms with van der Waals surface area (Å²) in [5.41, 5.74) is 0. The van der Waals surface area contributed by atoms with Gasteiger partial charge in [-0.3, -0.25) is 0 Å². The smallest absolute Gasteiger partial charge is 0.281 e. The van der Waals surface area contributed by atoms with Gasteiger partial charge in [0.1, 0.15) is 0 Å². The lowest BCUT2D eigenvalue weighted by Crippen LogP contribution is -2.42. The Balaban J connectivity index is 2.81. The molecule has 0 aliphatic rings. The molecule has 0 saturated heterocycles. The number of likely N-dealkylation sites (N-methyl/N-ethyl adjacent to an activating group) is 1. The number of hydrogen-bond acceptors (Lipinski definition) is 4. The zero-order valence-electron chi connectivity index (χ0n) is 11.3. The van der Waals surface area contributed by atoms with Crippen molar-refractivity contribution in [3.05, 3.63) is 22.4 Å². The SMILES string of the molecule is CN(C)CCN(Cc1cccs1)S(=O)(=O)N(C)C. The number of thiophene rings is 1. The van der Waals surface area contributed by atoms with Crippen molar-refractivity contribution in [1.29, 1.82) is 0 Å². The molecule has 0 spiro atoms. The first-order valence-electron chi connectivity index (χ1n) is 5.68. The lowest BCUT2D eigenvalue weighted by atomic mass is 10.4. The number of rotatable bonds is 7. The fraction of sp³-hybridized carbons (Fsp3) is 0.636. The predicted octanol–water partition coefficient (Wildman–Crippen LogP) is 0.918. The monoisotopic (exact) mass is 291 g/mol. The summed E-state index contributed by atoms with van der Waals surface area (Å²) < 4.78 is 27.2. The molecule has 0 radical (unpaired) electrons. The Bertz CT molecular complexity index is 441. The molecule has 1 rings (SSSR count). The van der Waals surface area contributed by atoms with E-state index in [1.165, 1.54) is 8.61 Å². The molecule has 1 heterocycles. The van der Waals surface area contributed by atoms with Crippen molar-refractivity contribution in [3.8, 4) is 0 Å². The highest BCUT2D eigenvalue weighted by Gasteiger charge is 2.24. The second-order valence-corrected chi connectivity index (χ2v) is 7.68. The van der Waals surface area contributed by atoms with E-state index in [0.29, 0.717) is 19.6 Å². The van der Waals surface area contributed by atoms with Crippen molar-refractivity contribution in [2.75, 3.05) is 41.3 Å². The van der Waals surface area contributed by atoms with E-state index in [9.17, 15) is 8.42 Å². The van der Waals surface area contributed by atoms with Crippen molar-refractivity contribution in [1.82, 2.24) is 13.5 Å². The van der Waals surface area contributed by atoms with Crippen molar-refractivity contribution in [2.45, 2.75) is 6.54 Å². The van der Waals surface area contributed by atoms with Crippen LogP contribution in [0.25, 0.3) is 0 Å². The zero-order valence-corrected chi connectivity index (χ0v) is 13.0. The van der Waals surface area contributed by atoms with Crippen LogP contribution in [0.15, 0.2) is 17.5 Å². The maximum atomic E-state index is 12.2. The molecular weight excluding hydrogens is 270 g/mol. The van der Waals surface area contributed by atoms with Crippen LogP contribution >= 0.6 is 11.3 Å². The van der Waals surface area contributed by atoms with Gasteiger partial charge >= 0.3 is 0 Å².